The molecule has 1 heterocycles. The molecular formula is C11H19NO5. The molecule has 0 bridgehead atoms. The van der Waals surface area contributed by atoms with E-state index in [1.807, 2.05) is 6.92 Å². The monoisotopic (exact) mass is 245 g/mol. The van der Waals surface area contributed by atoms with Crippen LogP contribution >= 0.6 is 0 Å². The molecule has 3 unspecified atom stereocenters. The Morgan fingerprint density at radius 3 is 2.41 bits per heavy atom. The Morgan fingerprint density at radius 1 is 1.41 bits per heavy atom. The number of amides is 1. The third-order valence-electron chi connectivity index (χ3n) is 3.14. The number of aliphatic hydroxyl groups is 1. The van der Waals surface area contributed by atoms with Crippen molar-refractivity contribution in [1.29, 1.82) is 0 Å². The van der Waals surface area contributed by atoms with Crippen LogP contribution in [0.1, 0.15) is 33.1 Å². The lowest BCUT2D eigenvalue weighted by Crippen LogP contribution is -2.51. The van der Waals surface area contributed by atoms with Gasteiger partial charge in [0.2, 0.25) is 5.91 Å². The van der Waals surface area contributed by atoms with Crippen LogP contribution < -0.4 is 5.32 Å². The molecule has 1 saturated heterocycles. The number of carboxylic acid groups (broad SMARTS) is 1. The summed E-state index contributed by atoms with van der Waals surface area (Å²) in [5.41, 5.74) is -0.679. The molecule has 0 aromatic heterocycles. The SMILES string of the molecule is CCC(C)(CO)NC(=O)C1CCC(C(=O)O)O1. The Morgan fingerprint density at radius 2 is 2.00 bits per heavy atom. The van der Waals surface area contributed by atoms with Gasteiger partial charge in [-0.3, -0.25) is 4.79 Å². The van der Waals surface area contributed by atoms with E-state index in [2.05, 4.69) is 5.32 Å². The molecule has 1 rings (SSSR count). The summed E-state index contributed by atoms with van der Waals surface area (Å²) >= 11 is 0. The van der Waals surface area contributed by atoms with E-state index in [9.17, 15) is 9.59 Å². The molecule has 0 aromatic carbocycles. The van der Waals surface area contributed by atoms with Crippen LogP contribution in [0.5, 0.6) is 0 Å². The van der Waals surface area contributed by atoms with Crippen LogP contribution in [0.3, 0.4) is 0 Å². The Bertz CT molecular complexity index is 300. The van der Waals surface area contributed by atoms with E-state index in [1.54, 1.807) is 6.92 Å². The van der Waals surface area contributed by atoms with Crippen LogP contribution in [0.25, 0.3) is 0 Å². The molecule has 0 spiro atoms. The summed E-state index contributed by atoms with van der Waals surface area (Å²) in [4.78, 5) is 22.5. The molecule has 0 aliphatic carbocycles. The van der Waals surface area contributed by atoms with E-state index in [0.717, 1.165) is 0 Å². The number of hydrogen-bond acceptors (Lipinski definition) is 4. The minimum Gasteiger partial charge on any atom is -0.479 e. The number of carbonyl (C=O) groups excluding carboxylic acids is 1. The Hall–Kier alpha value is -1.14. The Balaban J connectivity index is 2.52. The zero-order valence-electron chi connectivity index (χ0n) is 10.1. The van der Waals surface area contributed by atoms with Crippen LogP contribution in [0.15, 0.2) is 0 Å². The number of rotatable bonds is 5. The molecule has 3 N–H and O–H groups in total. The standard InChI is InChI=1S/C11H19NO5/c1-3-11(2,6-13)12-9(14)7-4-5-8(17-7)10(15)16/h7-8,13H,3-6H2,1-2H3,(H,12,14)(H,15,16). The van der Waals surface area contributed by atoms with Gasteiger partial charge in [0.15, 0.2) is 6.10 Å². The molecular weight excluding hydrogens is 226 g/mol. The van der Waals surface area contributed by atoms with Crippen molar-refractivity contribution in [1.82, 2.24) is 5.32 Å². The largest absolute Gasteiger partial charge is 0.479 e. The third kappa shape index (κ3) is 3.41. The molecule has 1 aliphatic rings. The zero-order chi connectivity index (χ0) is 13.1. The van der Waals surface area contributed by atoms with Crippen LogP contribution in [0.2, 0.25) is 0 Å². The lowest BCUT2D eigenvalue weighted by atomic mass is 9.99. The van der Waals surface area contributed by atoms with Gasteiger partial charge in [-0.25, -0.2) is 4.79 Å². The van der Waals surface area contributed by atoms with Gasteiger partial charge in [0.1, 0.15) is 6.10 Å². The van der Waals surface area contributed by atoms with Crippen molar-refractivity contribution < 1.29 is 24.5 Å². The normalized spacial score (nSPS) is 27.5. The minimum absolute atomic E-state index is 0.162. The first-order chi connectivity index (χ1) is 7.91. The number of carbonyl (C=O) groups is 2. The first-order valence-corrected chi connectivity index (χ1v) is 5.73. The molecule has 0 aromatic rings. The predicted octanol–water partition coefficient (Wildman–Crippen LogP) is -0.104. The van der Waals surface area contributed by atoms with E-state index >= 15 is 0 Å². The Kier molecular flexibility index (Phi) is 4.47. The van der Waals surface area contributed by atoms with Crippen molar-refractivity contribution in [3.63, 3.8) is 0 Å². The molecule has 0 saturated carbocycles. The second-order valence-corrected chi connectivity index (χ2v) is 4.59. The average Bonchev–Trinajstić information content (AvgIpc) is 2.78. The summed E-state index contributed by atoms with van der Waals surface area (Å²) in [6, 6.07) is 0. The van der Waals surface area contributed by atoms with Crippen molar-refractivity contribution in [2.45, 2.75) is 50.9 Å². The van der Waals surface area contributed by atoms with Gasteiger partial charge in [-0.05, 0) is 26.2 Å². The van der Waals surface area contributed by atoms with E-state index in [0.29, 0.717) is 19.3 Å². The first kappa shape index (κ1) is 13.9. The van der Waals surface area contributed by atoms with E-state index in [-0.39, 0.29) is 12.5 Å². The minimum atomic E-state index is -1.04. The van der Waals surface area contributed by atoms with Gasteiger partial charge in [-0.2, -0.15) is 0 Å². The molecule has 1 aliphatic heterocycles. The molecule has 98 valence electrons. The van der Waals surface area contributed by atoms with E-state index < -0.39 is 23.7 Å². The quantitative estimate of drug-likeness (QED) is 0.628. The summed E-state index contributed by atoms with van der Waals surface area (Å²) in [5.74, 6) is -1.40. The maximum absolute atomic E-state index is 11.8. The second-order valence-electron chi connectivity index (χ2n) is 4.59. The number of carboxylic acids is 1. The van der Waals surface area contributed by atoms with Crippen LogP contribution in [-0.2, 0) is 14.3 Å². The summed E-state index contributed by atoms with van der Waals surface area (Å²) in [6.45, 7) is 3.42. The van der Waals surface area contributed by atoms with Crippen LogP contribution in [-0.4, -0.2) is 46.4 Å². The summed E-state index contributed by atoms with van der Waals surface area (Å²) in [6.07, 6.45) is -0.297. The van der Waals surface area contributed by atoms with Gasteiger partial charge in [-0.15, -0.1) is 0 Å². The smallest absolute Gasteiger partial charge is 0.332 e. The van der Waals surface area contributed by atoms with Gasteiger partial charge < -0.3 is 20.3 Å². The first-order valence-electron chi connectivity index (χ1n) is 5.73. The van der Waals surface area contributed by atoms with Crippen molar-refractivity contribution in [2.75, 3.05) is 6.61 Å². The highest BCUT2D eigenvalue weighted by Crippen LogP contribution is 2.21. The lowest BCUT2D eigenvalue weighted by Gasteiger charge is -2.28. The molecule has 1 amide bonds. The van der Waals surface area contributed by atoms with Gasteiger partial charge in [0, 0.05) is 0 Å². The summed E-state index contributed by atoms with van der Waals surface area (Å²) in [5, 5.41) is 20.6. The molecule has 6 nitrogen and oxygen atoms in total. The highest BCUT2D eigenvalue weighted by Gasteiger charge is 2.36. The summed E-state index contributed by atoms with van der Waals surface area (Å²) < 4.78 is 5.13. The molecule has 1 fully saturated rings. The molecule has 3 atom stereocenters. The number of aliphatic carboxylic acids is 1. The Labute approximate surface area is 100.0 Å². The number of aliphatic hydroxyl groups excluding tert-OH is 1. The fraction of sp³-hybridized carbons (Fsp3) is 0.818. The van der Waals surface area contributed by atoms with Gasteiger partial charge in [0.05, 0.1) is 12.1 Å². The van der Waals surface area contributed by atoms with Crippen molar-refractivity contribution in [3.05, 3.63) is 0 Å². The highest BCUT2D eigenvalue weighted by atomic mass is 16.5. The van der Waals surface area contributed by atoms with Crippen molar-refractivity contribution in [2.24, 2.45) is 0 Å². The van der Waals surface area contributed by atoms with E-state index in [1.165, 1.54) is 0 Å². The number of ether oxygens (including phenoxy) is 1. The van der Waals surface area contributed by atoms with Crippen LogP contribution in [0, 0.1) is 0 Å². The molecule has 0 radical (unpaired) electrons. The third-order valence-corrected chi connectivity index (χ3v) is 3.14. The van der Waals surface area contributed by atoms with Crippen molar-refractivity contribution in [3.8, 4) is 0 Å². The highest BCUT2D eigenvalue weighted by molar-refractivity contribution is 5.83. The zero-order valence-corrected chi connectivity index (χ0v) is 10.1. The second kappa shape index (κ2) is 5.46. The topological polar surface area (TPSA) is 95.9 Å². The average molecular weight is 245 g/mol. The lowest BCUT2D eigenvalue weighted by molar-refractivity contribution is -0.152. The van der Waals surface area contributed by atoms with Gasteiger partial charge >= 0.3 is 5.97 Å². The fourth-order valence-electron chi connectivity index (χ4n) is 1.63. The maximum Gasteiger partial charge on any atom is 0.332 e. The van der Waals surface area contributed by atoms with Gasteiger partial charge in [0.25, 0.3) is 0 Å². The molecule has 17 heavy (non-hydrogen) atoms. The number of nitrogens with one attached hydrogen (secondary N) is 1. The van der Waals surface area contributed by atoms with E-state index in [4.69, 9.17) is 14.9 Å². The predicted molar refractivity (Wildman–Crippen MR) is 59.5 cm³/mol. The molecule has 6 heteroatoms. The number of hydrogen-bond donors (Lipinski definition) is 3. The maximum atomic E-state index is 11.8. The van der Waals surface area contributed by atoms with Crippen LogP contribution in [0.4, 0.5) is 0 Å². The van der Waals surface area contributed by atoms with Crippen molar-refractivity contribution >= 4 is 11.9 Å². The van der Waals surface area contributed by atoms with Gasteiger partial charge in [-0.1, -0.05) is 6.92 Å². The summed E-state index contributed by atoms with van der Waals surface area (Å²) in [7, 11) is 0. The fourth-order valence-corrected chi connectivity index (χ4v) is 1.63.